The van der Waals surface area contributed by atoms with Crippen molar-refractivity contribution in [3.8, 4) is 0 Å². The van der Waals surface area contributed by atoms with Crippen LogP contribution in [0, 0.1) is 6.92 Å². The molecule has 1 aromatic heterocycles. The van der Waals surface area contributed by atoms with Crippen LogP contribution in [-0.4, -0.2) is 32.5 Å². The summed E-state index contributed by atoms with van der Waals surface area (Å²) >= 11 is 1.52. The van der Waals surface area contributed by atoms with Gasteiger partial charge in [0.25, 0.3) is 0 Å². The predicted molar refractivity (Wildman–Crippen MR) is 78.8 cm³/mol. The van der Waals surface area contributed by atoms with Crippen LogP contribution in [0.15, 0.2) is 5.16 Å². The van der Waals surface area contributed by atoms with E-state index in [-0.39, 0.29) is 5.91 Å². The number of aromatic nitrogens is 3. The van der Waals surface area contributed by atoms with Gasteiger partial charge in [-0.05, 0) is 32.6 Å². The fourth-order valence-electron chi connectivity index (χ4n) is 2.84. The van der Waals surface area contributed by atoms with Crippen LogP contribution in [0.5, 0.6) is 0 Å². The molecule has 0 aromatic carbocycles. The van der Waals surface area contributed by atoms with Crippen LogP contribution in [-0.2, 0) is 4.79 Å². The van der Waals surface area contributed by atoms with Crippen molar-refractivity contribution in [1.29, 1.82) is 0 Å². The van der Waals surface area contributed by atoms with Gasteiger partial charge in [-0.25, -0.2) is 0 Å². The number of thioether (sulfide) groups is 1. The average Bonchev–Trinajstić information content (AvgIpc) is 3.19. The number of carbonyl (C=O) groups is 1. The second kappa shape index (κ2) is 6.16. The number of hydrogen-bond acceptors (Lipinski definition) is 4. The third kappa shape index (κ3) is 3.34. The van der Waals surface area contributed by atoms with Gasteiger partial charge in [-0.15, -0.1) is 10.2 Å². The molecule has 0 aliphatic heterocycles. The standard InChI is InChI=1S/C14H22N4OS/c1-10-16-17-14(18(10)12-5-3-2-4-6-12)20-9-13(19)15-11-7-8-11/h11-12H,2-9H2,1H3,(H,15,19). The lowest BCUT2D eigenvalue weighted by atomic mass is 9.95. The van der Waals surface area contributed by atoms with E-state index in [9.17, 15) is 4.79 Å². The fraction of sp³-hybridized carbons (Fsp3) is 0.786. The molecule has 3 rings (SSSR count). The molecule has 0 saturated heterocycles. The molecule has 2 aliphatic rings. The number of rotatable bonds is 5. The largest absolute Gasteiger partial charge is 0.353 e. The molecule has 1 heterocycles. The summed E-state index contributed by atoms with van der Waals surface area (Å²) in [5.41, 5.74) is 0. The number of amides is 1. The normalized spacial score (nSPS) is 20.1. The minimum atomic E-state index is 0.119. The molecule has 5 nitrogen and oxygen atoms in total. The molecule has 0 unspecified atom stereocenters. The monoisotopic (exact) mass is 294 g/mol. The van der Waals surface area contributed by atoms with E-state index in [0.29, 0.717) is 17.8 Å². The zero-order valence-electron chi connectivity index (χ0n) is 12.0. The quantitative estimate of drug-likeness (QED) is 0.848. The van der Waals surface area contributed by atoms with Crippen molar-refractivity contribution in [2.45, 2.75) is 69.1 Å². The maximum atomic E-state index is 11.8. The van der Waals surface area contributed by atoms with Crippen LogP contribution in [0.2, 0.25) is 0 Å². The van der Waals surface area contributed by atoms with Gasteiger partial charge < -0.3 is 9.88 Å². The Kier molecular flexibility index (Phi) is 4.29. The Morgan fingerprint density at radius 3 is 2.70 bits per heavy atom. The van der Waals surface area contributed by atoms with Crippen molar-refractivity contribution in [3.05, 3.63) is 5.82 Å². The maximum absolute atomic E-state index is 11.8. The van der Waals surface area contributed by atoms with Gasteiger partial charge in [0.15, 0.2) is 5.16 Å². The minimum absolute atomic E-state index is 0.119. The van der Waals surface area contributed by atoms with E-state index in [1.807, 2.05) is 6.92 Å². The molecule has 0 spiro atoms. The number of hydrogen-bond donors (Lipinski definition) is 1. The van der Waals surface area contributed by atoms with Gasteiger partial charge in [-0.1, -0.05) is 31.0 Å². The van der Waals surface area contributed by atoms with E-state index in [0.717, 1.165) is 23.8 Å². The second-order valence-electron chi connectivity index (χ2n) is 5.82. The molecule has 1 aromatic rings. The van der Waals surface area contributed by atoms with Crippen molar-refractivity contribution < 1.29 is 4.79 Å². The third-order valence-electron chi connectivity index (χ3n) is 4.05. The molecule has 2 fully saturated rings. The molecule has 1 amide bonds. The van der Waals surface area contributed by atoms with Crippen LogP contribution in [0.1, 0.15) is 56.8 Å². The molecule has 1 N–H and O–H groups in total. The highest BCUT2D eigenvalue weighted by Gasteiger charge is 2.24. The highest BCUT2D eigenvalue weighted by atomic mass is 32.2. The van der Waals surface area contributed by atoms with Crippen molar-refractivity contribution in [3.63, 3.8) is 0 Å². The Morgan fingerprint density at radius 2 is 2.00 bits per heavy atom. The smallest absolute Gasteiger partial charge is 0.230 e. The van der Waals surface area contributed by atoms with Crippen LogP contribution in [0.25, 0.3) is 0 Å². The molecule has 110 valence electrons. The van der Waals surface area contributed by atoms with E-state index in [1.54, 1.807) is 0 Å². The summed E-state index contributed by atoms with van der Waals surface area (Å²) < 4.78 is 2.24. The van der Waals surface area contributed by atoms with E-state index >= 15 is 0 Å². The van der Waals surface area contributed by atoms with Crippen LogP contribution >= 0.6 is 11.8 Å². The summed E-state index contributed by atoms with van der Waals surface area (Å²) in [6, 6.07) is 0.953. The first-order chi connectivity index (χ1) is 9.74. The number of nitrogens with one attached hydrogen (secondary N) is 1. The first-order valence-corrected chi connectivity index (χ1v) is 8.56. The molecular formula is C14H22N4OS. The summed E-state index contributed by atoms with van der Waals surface area (Å²) in [6.45, 7) is 2.01. The van der Waals surface area contributed by atoms with Gasteiger partial charge in [-0.3, -0.25) is 4.79 Å². The van der Waals surface area contributed by atoms with Gasteiger partial charge in [0.2, 0.25) is 5.91 Å². The molecule has 0 atom stereocenters. The molecular weight excluding hydrogens is 272 g/mol. The molecule has 2 saturated carbocycles. The van der Waals surface area contributed by atoms with E-state index < -0.39 is 0 Å². The predicted octanol–water partition coefficient (Wildman–Crippen LogP) is 2.46. The van der Waals surface area contributed by atoms with Crippen LogP contribution in [0.4, 0.5) is 0 Å². The van der Waals surface area contributed by atoms with Crippen molar-refractivity contribution in [2.24, 2.45) is 0 Å². The Bertz CT molecular complexity index is 478. The van der Waals surface area contributed by atoms with E-state index in [1.165, 1.54) is 43.9 Å². The van der Waals surface area contributed by atoms with Gasteiger partial charge in [-0.2, -0.15) is 0 Å². The van der Waals surface area contributed by atoms with E-state index in [4.69, 9.17) is 0 Å². The topological polar surface area (TPSA) is 59.8 Å². The maximum Gasteiger partial charge on any atom is 0.230 e. The number of aryl methyl sites for hydroxylation is 1. The van der Waals surface area contributed by atoms with Gasteiger partial charge >= 0.3 is 0 Å². The molecule has 0 bridgehead atoms. The lowest BCUT2D eigenvalue weighted by molar-refractivity contribution is -0.118. The number of nitrogens with zero attached hydrogens (tertiary/aromatic N) is 3. The van der Waals surface area contributed by atoms with Crippen molar-refractivity contribution in [2.75, 3.05) is 5.75 Å². The summed E-state index contributed by atoms with van der Waals surface area (Å²) in [5.74, 6) is 1.54. The zero-order valence-corrected chi connectivity index (χ0v) is 12.8. The fourth-order valence-corrected chi connectivity index (χ4v) is 3.70. The van der Waals surface area contributed by atoms with Gasteiger partial charge in [0.05, 0.1) is 5.75 Å². The Hall–Kier alpha value is -1.04. The molecule has 2 aliphatic carbocycles. The SMILES string of the molecule is Cc1nnc(SCC(=O)NC2CC2)n1C1CCCCC1. The average molecular weight is 294 g/mol. The van der Waals surface area contributed by atoms with E-state index in [2.05, 4.69) is 20.1 Å². The van der Waals surface area contributed by atoms with Crippen LogP contribution < -0.4 is 5.32 Å². The van der Waals surface area contributed by atoms with Crippen LogP contribution in [0.3, 0.4) is 0 Å². The first kappa shape index (κ1) is 13.9. The second-order valence-corrected chi connectivity index (χ2v) is 6.76. The lowest BCUT2D eigenvalue weighted by Crippen LogP contribution is -2.27. The molecule has 0 radical (unpaired) electrons. The Balaban J connectivity index is 1.61. The molecule has 20 heavy (non-hydrogen) atoms. The summed E-state index contributed by atoms with van der Waals surface area (Å²) in [5, 5.41) is 12.4. The Labute approximate surface area is 123 Å². The highest BCUT2D eigenvalue weighted by Crippen LogP contribution is 2.32. The van der Waals surface area contributed by atoms with Gasteiger partial charge in [0, 0.05) is 12.1 Å². The third-order valence-corrected chi connectivity index (χ3v) is 4.99. The lowest BCUT2D eigenvalue weighted by Gasteiger charge is -2.24. The summed E-state index contributed by atoms with van der Waals surface area (Å²) in [7, 11) is 0. The number of carbonyl (C=O) groups excluding carboxylic acids is 1. The Morgan fingerprint density at radius 1 is 1.25 bits per heavy atom. The van der Waals surface area contributed by atoms with Crippen molar-refractivity contribution in [1.82, 2.24) is 20.1 Å². The van der Waals surface area contributed by atoms with Crippen molar-refractivity contribution >= 4 is 17.7 Å². The zero-order chi connectivity index (χ0) is 13.9. The highest BCUT2D eigenvalue weighted by molar-refractivity contribution is 7.99. The first-order valence-electron chi connectivity index (χ1n) is 7.57. The molecule has 6 heteroatoms. The summed E-state index contributed by atoms with van der Waals surface area (Å²) in [4.78, 5) is 11.8. The summed E-state index contributed by atoms with van der Waals surface area (Å²) in [6.07, 6.45) is 8.59. The minimum Gasteiger partial charge on any atom is -0.353 e. The van der Waals surface area contributed by atoms with Gasteiger partial charge in [0.1, 0.15) is 5.82 Å².